The minimum atomic E-state index is -0.299. The highest BCUT2D eigenvalue weighted by atomic mass is 32.2. The number of carbonyl (C=O) groups excluding carboxylic acids is 2. The Morgan fingerprint density at radius 2 is 2.16 bits per heavy atom. The number of carbonyl (C=O) groups is 2. The molecule has 2 amide bonds. The second kappa shape index (κ2) is 6.64. The summed E-state index contributed by atoms with van der Waals surface area (Å²) in [4.78, 5) is 26.5. The molecule has 3 unspecified atom stereocenters. The van der Waals surface area contributed by atoms with Crippen molar-refractivity contribution in [3.8, 4) is 0 Å². The van der Waals surface area contributed by atoms with Gasteiger partial charge in [-0.1, -0.05) is 20.3 Å². The highest BCUT2D eigenvalue weighted by Crippen LogP contribution is 2.28. The van der Waals surface area contributed by atoms with E-state index in [1.807, 2.05) is 30.5 Å². The summed E-state index contributed by atoms with van der Waals surface area (Å²) in [5.41, 5.74) is 0. The number of rotatable bonds is 5. The van der Waals surface area contributed by atoms with E-state index in [4.69, 9.17) is 0 Å². The molecule has 0 bridgehead atoms. The van der Waals surface area contributed by atoms with E-state index >= 15 is 0 Å². The van der Waals surface area contributed by atoms with Crippen molar-refractivity contribution in [3.05, 3.63) is 0 Å². The molecule has 1 N–H and O–H groups in total. The van der Waals surface area contributed by atoms with Crippen LogP contribution in [0.25, 0.3) is 0 Å². The number of hydrogen-bond acceptors (Lipinski definition) is 3. The van der Waals surface area contributed by atoms with Crippen molar-refractivity contribution in [1.29, 1.82) is 0 Å². The standard InChI is InChI=1S/C14H24N2O2S/c1-3-6-11-14(18)16(9-10-7-5-8-19-10)12(4-2)13(17)15-11/h10-12H,3-9H2,1-2H3,(H,15,17). The fraction of sp³-hybridized carbons (Fsp3) is 0.857. The van der Waals surface area contributed by atoms with Gasteiger partial charge in [0.05, 0.1) is 0 Å². The quantitative estimate of drug-likeness (QED) is 0.837. The molecule has 2 fully saturated rings. The summed E-state index contributed by atoms with van der Waals surface area (Å²) in [6.07, 6.45) is 4.77. The zero-order valence-electron chi connectivity index (χ0n) is 11.9. The number of amides is 2. The Balaban J connectivity index is 2.08. The van der Waals surface area contributed by atoms with Crippen LogP contribution in [0.15, 0.2) is 0 Å². The second-order valence-electron chi connectivity index (χ2n) is 5.40. The third-order valence-electron chi connectivity index (χ3n) is 3.96. The molecule has 0 aromatic rings. The monoisotopic (exact) mass is 284 g/mol. The van der Waals surface area contributed by atoms with Crippen LogP contribution in [0, 0.1) is 0 Å². The lowest BCUT2D eigenvalue weighted by atomic mass is 10.0. The van der Waals surface area contributed by atoms with Gasteiger partial charge in [-0.2, -0.15) is 11.8 Å². The fourth-order valence-corrected chi connectivity index (χ4v) is 4.21. The Kier molecular flexibility index (Phi) is 5.13. The van der Waals surface area contributed by atoms with E-state index in [0.717, 1.165) is 19.4 Å². The molecular formula is C14H24N2O2S. The summed E-state index contributed by atoms with van der Waals surface area (Å²) in [5, 5.41) is 3.41. The van der Waals surface area contributed by atoms with Crippen LogP contribution in [0.5, 0.6) is 0 Å². The van der Waals surface area contributed by atoms with Crippen molar-refractivity contribution in [2.24, 2.45) is 0 Å². The first-order chi connectivity index (χ1) is 9.17. The number of piperazine rings is 1. The predicted octanol–water partition coefficient (Wildman–Crippen LogP) is 1.79. The number of nitrogens with zero attached hydrogens (tertiary/aromatic N) is 1. The maximum atomic E-state index is 12.5. The summed E-state index contributed by atoms with van der Waals surface area (Å²) in [6.45, 7) is 4.77. The van der Waals surface area contributed by atoms with Gasteiger partial charge in [0.1, 0.15) is 12.1 Å². The molecule has 2 aliphatic rings. The van der Waals surface area contributed by atoms with E-state index in [1.54, 1.807) is 0 Å². The molecule has 4 nitrogen and oxygen atoms in total. The van der Waals surface area contributed by atoms with E-state index in [2.05, 4.69) is 5.32 Å². The van der Waals surface area contributed by atoms with Crippen molar-refractivity contribution in [2.45, 2.75) is 63.3 Å². The normalized spacial score (nSPS) is 31.7. The zero-order valence-corrected chi connectivity index (χ0v) is 12.7. The smallest absolute Gasteiger partial charge is 0.245 e. The lowest BCUT2D eigenvalue weighted by Gasteiger charge is -2.39. The summed E-state index contributed by atoms with van der Waals surface area (Å²) in [5.74, 6) is 1.35. The Morgan fingerprint density at radius 1 is 1.37 bits per heavy atom. The molecule has 3 atom stereocenters. The zero-order chi connectivity index (χ0) is 13.8. The summed E-state index contributed by atoms with van der Waals surface area (Å²) < 4.78 is 0. The van der Waals surface area contributed by atoms with Crippen molar-refractivity contribution in [2.75, 3.05) is 12.3 Å². The minimum Gasteiger partial charge on any atom is -0.343 e. The Bertz CT molecular complexity index is 342. The molecule has 2 heterocycles. The molecule has 0 aromatic heterocycles. The lowest BCUT2D eigenvalue weighted by molar-refractivity contribution is -0.149. The molecule has 5 heteroatoms. The van der Waals surface area contributed by atoms with Gasteiger partial charge in [0.15, 0.2) is 0 Å². The van der Waals surface area contributed by atoms with Gasteiger partial charge in [-0.25, -0.2) is 0 Å². The minimum absolute atomic E-state index is 0.0311. The third kappa shape index (κ3) is 3.25. The van der Waals surface area contributed by atoms with Gasteiger partial charge in [0.2, 0.25) is 11.8 Å². The molecule has 2 aliphatic heterocycles. The van der Waals surface area contributed by atoms with Crippen LogP contribution < -0.4 is 5.32 Å². The molecule has 0 aromatic carbocycles. The summed E-state index contributed by atoms with van der Waals surface area (Å²) in [6, 6.07) is -0.562. The largest absolute Gasteiger partial charge is 0.343 e. The predicted molar refractivity (Wildman–Crippen MR) is 78.1 cm³/mol. The van der Waals surface area contributed by atoms with E-state index in [9.17, 15) is 9.59 Å². The summed E-state index contributed by atoms with van der Waals surface area (Å²) in [7, 11) is 0. The van der Waals surface area contributed by atoms with Crippen LogP contribution in [0.1, 0.15) is 46.0 Å². The van der Waals surface area contributed by atoms with Gasteiger partial charge in [-0.15, -0.1) is 0 Å². The van der Waals surface area contributed by atoms with Crippen molar-refractivity contribution in [1.82, 2.24) is 10.2 Å². The Labute approximate surface area is 119 Å². The van der Waals surface area contributed by atoms with Gasteiger partial charge in [-0.05, 0) is 31.4 Å². The molecule has 0 saturated carbocycles. The Hall–Kier alpha value is -0.710. The van der Waals surface area contributed by atoms with Gasteiger partial charge in [0, 0.05) is 11.8 Å². The SMILES string of the molecule is CCCC1NC(=O)C(CC)N(CC2CCCS2)C1=O. The van der Waals surface area contributed by atoms with Crippen molar-refractivity contribution in [3.63, 3.8) is 0 Å². The van der Waals surface area contributed by atoms with Crippen molar-refractivity contribution < 1.29 is 9.59 Å². The highest BCUT2D eigenvalue weighted by Gasteiger charge is 2.40. The van der Waals surface area contributed by atoms with Gasteiger partial charge in [0.25, 0.3) is 0 Å². The van der Waals surface area contributed by atoms with Crippen LogP contribution in [0.4, 0.5) is 0 Å². The molecule has 2 rings (SSSR count). The van der Waals surface area contributed by atoms with Crippen LogP contribution in [0.2, 0.25) is 0 Å². The van der Waals surface area contributed by atoms with E-state index < -0.39 is 0 Å². The number of thioether (sulfide) groups is 1. The summed E-state index contributed by atoms with van der Waals surface area (Å²) >= 11 is 1.94. The van der Waals surface area contributed by atoms with Gasteiger partial charge >= 0.3 is 0 Å². The van der Waals surface area contributed by atoms with Crippen LogP contribution >= 0.6 is 11.8 Å². The molecule has 0 radical (unpaired) electrons. The second-order valence-corrected chi connectivity index (χ2v) is 6.81. The maximum Gasteiger partial charge on any atom is 0.245 e. The van der Waals surface area contributed by atoms with E-state index in [-0.39, 0.29) is 23.9 Å². The van der Waals surface area contributed by atoms with E-state index in [0.29, 0.717) is 11.7 Å². The molecule has 19 heavy (non-hydrogen) atoms. The van der Waals surface area contributed by atoms with Crippen LogP contribution in [-0.4, -0.2) is 46.3 Å². The first-order valence-electron chi connectivity index (χ1n) is 7.39. The molecule has 0 aliphatic carbocycles. The van der Waals surface area contributed by atoms with Gasteiger partial charge in [-0.3, -0.25) is 9.59 Å². The first-order valence-corrected chi connectivity index (χ1v) is 8.44. The Morgan fingerprint density at radius 3 is 2.74 bits per heavy atom. The molecular weight excluding hydrogens is 260 g/mol. The average molecular weight is 284 g/mol. The maximum absolute atomic E-state index is 12.5. The number of nitrogens with one attached hydrogen (secondary N) is 1. The first kappa shape index (κ1) is 14.7. The molecule has 2 saturated heterocycles. The van der Waals surface area contributed by atoms with Gasteiger partial charge < -0.3 is 10.2 Å². The topological polar surface area (TPSA) is 49.4 Å². The van der Waals surface area contributed by atoms with Crippen LogP contribution in [0.3, 0.4) is 0 Å². The molecule has 0 spiro atoms. The van der Waals surface area contributed by atoms with E-state index in [1.165, 1.54) is 18.6 Å². The van der Waals surface area contributed by atoms with Crippen molar-refractivity contribution >= 4 is 23.6 Å². The van der Waals surface area contributed by atoms with Crippen LogP contribution in [-0.2, 0) is 9.59 Å². The fourth-order valence-electron chi connectivity index (χ4n) is 2.94. The number of hydrogen-bond donors (Lipinski definition) is 1. The average Bonchev–Trinajstić information content (AvgIpc) is 2.89. The lowest BCUT2D eigenvalue weighted by Crippen LogP contribution is -2.63. The third-order valence-corrected chi connectivity index (χ3v) is 5.35. The highest BCUT2D eigenvalue weighted by molar-refractivity contribution is 8.00. The molecule has 108 valence electrons.